The van der Waals surface area contributed by atoms with Gasteiger partial charge >= 0.3 is 0 Å². The Morgan fingerprint density at radius 3 is 2.81 bits per heavy atom. The van der Waals surface area contributed by atoms with E-state index < -0.39 is 0 Å². The molecule has 2 N–H and O–H groups in total. The highest BCUT2D eigenvalue weighted by molar-refractivity contribution is 7.09. The van der Waals surface area contributed by atoms with E-state index in [9.17, 15) is 9.18 Å². The zero-order valence-electron chi connectivity index (χ0n) is 17.8. The van der Waals surface area contributed by atoms with Crippen LogP contribution in [0.5, 0.6) is 0 Å². The largest absolute Gasteiger partial charge is 0.361 e. The normalized spacial score (nSPS) is 11.3. The van der Waals surface area contributed by atoms with Crippen molar-refractivity contribution in [2.75, 3.05) is 13.2 Å². The molecule has 32 heavy (non-hydrogen) atoms. The lowest BCUT2D eigenvalue weighted by Crippen LogP contribution is -2.26. The summed E-state index contributed by atoms with van der Waals surface area (Å²) in [6, 6.07) is 15.0. The highest BCUT2D eigenvalue weighted by Gasteiger charge is 2.16. The number of hydrogen-bond acceptors (Lipinski definition) is 5. The molecule has 0 aliphatic heterocycles. The monoisotopic (exact) mass is 452 g/mol. The Kier molecular flexibility index (Phi) is 7.26. The van der Waals surface area contributed by atoms with Gasteiger partial charge in [-0.25, -0.2) is 14.9 Å². The minimum absolute atomic E-state index is 0.222. The quantitative estimate of drug-likeness (QED) is 0.343. The fourth-order valence-corrected chi connectivity index (χ4v) is 4.38. The lowest BCUT2D eigenvalue weighted by atomic mass is 10.1. The molecule has 0 aliphatic rings. The van der Waals surface area contributed by atoms with E-state index in [2.05, 4.69) is 32.5 Å². The smallest absolute Gasteiger partial charge is 0.294 e. The van der Waals surface area contributed by atoms with E-state index in [0.29, 0.717) is 31.0 Å². The molecule has 0 saturated carbocycles. The van der Waals surface area contributed by atoms with Crippen LogP contribution in [0.3, 0.4) is 0 Å². The van der Waals surface area contributed by atoms with Crippen LogP contribution in [0.15, 0.2) is 60.1 Å². The summed E-state index contributed by atoms with van der Waals surface area (Å²) in [5.41, 5.74) is 5.64. The summed E-state index contributed by atoms with van der Waals surface area (Å²) >= 11 is 1.41. The van der Waals surface area contributed by atoms with Gasteiger partial charge in [0.2, 0.25) is 0 Å². The van der Waals surface area contributed by atoms with Gasteiger partial charge in [-0.3, -0.25) is 14.5 Å². The van der Waals surface area contributed by atoms with E-state index in [4.69, 9.17) is 4.84 Å². The van der Waals surface area contributed by atoms with Crippen LogP contribution in [0, 0.1) is 5.82 Å². The van der Waals surface area contributed by atoms with Gasteiger partial charge in [0.1, 0.15) is 16.5 Å². The molecule has 0 atom stereocenters. The van der Waals surface area contributed by atoms with E-state index in [1.807, 2.05) is 24.4 Å². The number of hydroxylamine groups is 1. The zero-order valence-corrected chi connectivity index (χ0v) is 18.6. The van der Waals surface area contributed by atoms with Gasteiger partial charge in [-0.15, -0.1) is 11.3 Å². The van der Waals surface area contributed by atoms with Crippen molar-refractivity contribution in [3.8, 4) is 0 Å². The minimum atomic E-state index is -0.367. The molecule has 0 aliphatic carbocycles. The van der Waals surface area contributed by atoms with Crippen LogP contribution in [-0.4, -0.2) is 33.9 Å². The Bertz CT molecular complexity index is 1190. The number of H-pyrrole nitrogens is 1. The highest BCUT2D eigenvalue weighted by atomic mass is 32.1. The molecular formula is C24H25FN4O2S. The third kappa shape index (κ3) is 5.40. The molecule has 0 saturated heterocycles. The van der Waals surface area contributed by atoms with Crippen molar-refractivity contribution in [1.29, 1.82) is 0 Å². The molecule has 4 aromatic rings. The summed E-state index contributed by atoms with van der Waals surface area (Å²) in [4.78, 5) is 27.0. The highest BCUT2D eigenvalue weighted by Crippen LogP contribution is 2.21. The molecule has 0 fully saturated rings. The molecule has 2 aromatic carbocycles. The Labute approximate surface area is 190 Å². The Morgan fingerprint density at radius 1 is 1.16 bits per heavy atom. The van der Waals surface area contributed by atoms with Crippen molar-refractivity contribution < 1.29 is 14.0 Å². The molecule has 166 valence electrons. The van der Waals surface area contributed by atoms with Crippen LogP contribution in [0.2, 0.25) is 0 Å². The lowest BCUT2D eigenvalue weighted by Gasteiger charge is -2.21. The second-order valence-electron chi connectivity index (χ2n) is 7.40. The van der Waals surface area contributed by atoms with Crippen LogP contribution in [-0.2, 0) is 24.3 Å². The van der Waals surface area contributed by atoms with Crippen LogP contribution >= 0.6 is 11.3 Å². The standard InChI is InChI=1S/C24H25FN4O2S/c1-2-31-28-24(30)22-16-32-23(27-22)15-29(14-18-7-3-5-9-20(18)25)12-11-17-13-26-21-10-6-4-8-19(17)21/h3-10,13,16,26H,2,11-12,14-15H2,1H3,(H,28,30). The fourth-order valence-electron chi connectivity index (χ4n) is 3.57. The Hall–Kier alpha value is -3.07. The van der Waals surface area contributed by atoms with Gasteiger partial charge in [0.05, 0.1) is 13.2 Å². The van der Waals surface area contributed by atoms with E-state index in [-0.39, 0.29) is 11.7 Å². The van der Waals surface area contributed by atoms with Crippen molar-refractivity contribution in [3.05, 3.63) is 87.8 Å². The lowest BCUT2D eigenvalue weighted by molar-refractivity contribution is 0.0360. The number of carbonyl (C=O) groups excluding carboxylic acids is 1. The number of amides is 1. The number of rotatable bonds is 10. The summed E-state index contributed by atoms with van der Waals surface area (Å²) in [6.45, 7) is 3.86. The molecule has 0 radical (unpaired) electrons. The van der Waals surface area contributed by atoms with Gasteiger partial charge in [-0.05, 0) is 31.0 Å². The summed E-state index contributed by atoms with van der Waals surface area (Å²) in [5.74, 6) is -0.589. The molecule has 0 bridgehead atoms. The average Bonchev–Trinajstić information content (AvgIpc) is 3.44. The van der Waals surface area contributed by atoms with E-state index in [1.54, 1.807) is 24.4 Å². The third-order valence-corrected chi connectivity index (χ3v) is 6.01. The Morgan fingerprint density at radius 2 is 1.97 bits per heavy atom. The first kappa shape index (κ1) is 22.1. The van der Waals surface area contributed by atoms with Crippen molar-refractivity contribution in [2.45, 2.75) is 26.4 Å². The van der Waals surface area contributed by atoms with Crippen LogP contribution in [0.4, 0.5) is 4.39 Å². The molecule has 2 aromatic heterocycles. The van der Waals surface area contributed by atoms with Gasteiger partial charge in [-0.2, -0.15) is 0 Å². The van der Waals surface area contributed by atoms with Gasteiger partial charge in [0.15, 0.2) is 0 Å². The molecule has 0 unspecified atom stereocenters. The van der Waals surface area contributed by atoms with Crippen molar-refractivity contribution in [3.63, 3.8) is 0 Å². The maximum absolute atomic E-state index is 14.3. The van der Waals surface area contributed by atoms with Crippen LogP contribution in [0.25, 0.3) is 10.9 Å². The minimum Gasteiger partial charge on any atom is -0.361 e. The van der Waals surface area contributed by atoms with Gasteiger partial charge in [0.25, 0.3) is 5.91 Å². The van der Waals surface area contributed by atoms with Crippen molar-refractivity contribution >= 4 is 28.1 Å². The summed E-state index contributed by atoms with van der Waals surface area (Å²) in [6.07, 6.45) is 2.84. The average molecular weight is 453 g/mol. The number of thiazole rings is 1. The maximum Gasteiger partial charge on any atom is 0.294 e. The number of para-hydroxylation sites is 1. The van der Waals surface area contributed by atoms with Crippen LogP contribution < -0.4 is 5.48 Å². The molecular weight excluding hydrogens is 427 g/mol. The van der Waals surface area contributed by atoms with Crippen molar-refractivity contribution in [1.82, 2.24) is 20.3 Å². The SMILES string of the molecule is CCONC(=O)c1csc(CN(CCc2c[nH]c3ccccc23)Cc2ccccc2F)n1. The summed E-state index contributed by atoms with van der Waals surface area (Å²) in [7, 11) is 0. The predicted molar refractivity (Wildman–Crippen MR) is 124 cm³/mol. The Balaban J connectivity index is 1.49. The number of aromatic amines is 1. The first-order valence-electron chi connectivity index (χ1n) is 10.5. The number of hydrogen-bond donors (Lipinski definition) is 2. The first-order valence-corrected chi connectivity index (χ1v) is 11.4. The van der Waals surface area contributed by atoms with Gasteiger partial charge in [-0.1, -0.05) is 36.4 Å². The number of carbonyl (C=O) groups is 1. The van der Waals surface area contributed by atoms with E-state index in [1.165, 1.54) is 28.4 Å². The van der Waals surface area contributed by atoms with E-state index in [0.717, 1.165) is 23.5 Å². The molecule has 1 amide bonds. The number of benzene rings is 2. The summed E-state index contributed by atoms with van der Waals surface area (Å²) in [5, 5.41) is 3.70. The topological polar surface area (TPSA) is 70.2 Å². The number of aromatic nitrogens is 2. The second-order valence-corrected chi connectivity index (χ2v) is 8.34. The number of fused-ring (bicyclic) bond motifs is 1. The van der Waals surface area contributed by atoms with Gasteiger partial charge in [0, 0.05) is 41.1 Å². The number of nitrogens with zero attached hydrogens (tertiary/aromatic N) is 2. The van der Waals surface area contributed by atoms with Crippen LogP contribution in [0.1, 0.15) is 33.5 Å². The molecule has 8 heteroatoms. The van der Waals surface area contributed by atoms with Crippen molar-refractivity contribution in [2.24, 2.45) is 0 Å². The summed E-state index contributed by atoms with van der Waals surface area (Å²) < 4.78 is 14.3. The maximum atomic E-state index is 14.3. The molecule has 4 rings (SSSR count). The fraction of sp³-hybridized carbons (Fsp3) is 0.250. The number of halogens is 1. The molecule has 6 nitrogen and oxygen atoms in total. The molecule has 0 spiro atoms. The van der Waals surface area contributed by atoms with Gasteiger partial charge < -0.3 is 4.98 Å². The number of nitrogens with one attached hydrogen (secondary N) is 2. The first-order chi connectivity index (χ1) is 15.6. The third-order valence-electron chi connectivity index (χ3n) is 5.18. The second kappa shape index (κ2) is 10.5. The van der Waals surface area contributed by atoms with E-state index >= 15 is 0 Å². The zero-order chi connectivity index (χ0) is 22.3. The molecule has 2 heterocycles. The predicted octanol–water partition coefficient (Wildman–Crippen LogP) is 4.69.